The number of amides is 1. The number of Topliss-reactive ketones (excluding diaryl/α,β-unsaturated/α-hetero) is 1. The van der Waals surface area contributed by atoms with Crippen molar-refractivity contribution in [3.05, 3.63) is 58.6 Å². The van der Waals surface area contributed by atoms with Crippen molar-refractivity contribution in [3.8, 4) is 11.8 Å². The highest BCUT2D eigenvalue weighted by molar-refractivity contribution is 6.31. The minimum absolute atomic E-state index is 0.233. The van der Waals surface area contributed by atoms with Crippen molar-refractivity contribution in [2.45, 2.75) is 6.92 Å². The second-order valence-electron chi connectivity index (χ2n) is 5.16. The van der Waals surface area contributed by atoms with Gasteiger partial charge >= 0.3 is 0 Å². The minimum atomic E-state index is -1.45. The first-order valence-electron chi connectivity index (χ1n) is 7.10. The summed E-state index contributed by atoms with van der Waals surface area (Å²) in [5, 5.41) is 12.2. The fourth-order valence-electron chi connectivity index (χ4n) is 2.17. The molecule has 0 saturated carbocycles. The zero-order chi connectivity index (χ0) is 17.7. The molecule has 2 aromatic carbocycles. The highest BCUT2D eigenvalue weighted by Gasteiger charge is 2.28. The van der Waals surface area contributed by atoms with E-state index in [0.29, 0.717) is 16.5 Å². The van der Waals surface area contributed by atoms with Gasteiger partial charge in [-0.15, -0.1) is 0 Å². The van der Waals surface area contributed by atoms with Gasteiger partial charge in [-0.2, -0.15) is 5.26 Å². The molecule has 0 radical (unpaired) electrons. The highest BCUT2D eigenvalue weighted by Crippen LogP contribution is 2.20. The quantitative estimate of drug-likeness (QED) is 0.664. The van der Waals surface area contributed by atoms with Gasteiger partial charge in [0.15, 0.2) is 11.7 Å². The molecular formula is C18H15ClN2O3. The average Bonchev–Trinajstić information content (AvgIpc) is 2.55. The molecule has 1 atom stereocenters. The van der Waals surface area contributed by atoms with Crippen molar-refractivity contribution in [3.63, 3.8) is 0 Å². The number of benzene rings is 2. The van der Waals surface area contributed by atoms with E-state index < -0.39 is 17.6 Å². The third-order valence-corrected chi connectivity index (χ3v) is 3.56. The number of carbonyl (C=O) groups excluding carboxylic acids is 2. The summed E-state index contributed by atoms with van der Waals surface area (Å²) in [5.74, 6) is -2.10. The fraction of sp³-hybridized carbons (Fsp3) is 0.167. The number of ketones is 1. The van der Waals surface area contributed by atoms with Gasteiger partial charge in [0.05, 0.1) is 13.2 Å². The zero-order valence-corrected chi connectivity index (χ0v) is 13.9. The summed E-state index contributed by atoms with van der Waals surface area (Å²) in [6.07, 6.45) is 0. The number of nitrogens with one attached hydrogen (secondary N) is 1. The molecular weight excluding hydrogens is 328 g/mol. The van der Waals surface area contributed by atoms with Gasteiger partial charge in [-0.25, -0.2) is 0 Å². The predicted octanol–water partition coefficient (Wildman–Crippen LogP) is 3.62. The molecule has 5 nitrogen and oxygen atoms in total. The molecule has 2 aromatic rings. The third-order valence-electron chi connectivity index (χ3n) is 3.34. The second-order valence-corrected chi connectivity index (χ2v) is 5.60. The number of nitrogens with zero attached hydrogens (tertiary/aromatic N) is 1. The van der Waals surface area contributed by atoms with Crippen LogP contribution in [0.15, 0.2) is 42.5 Å². The van der Waals surface area contributed by atoms with Crippen LogP contribution in [0, 0.1) is 24.2 Å². The summed E-state index contributed by atoms with van der Waals surface area (Å²) in [7, 11) is 1.53. The number of aryl methyl sites for hydroxylation is 1. The zero-order valence-electron chi connectivity index (χ0n) is 13.2. The Balaban J connectivity index is 2.18. The number of anilines is 1. The van der Waals surface area contributed by atoms with E-state index in [9.17, 15) is 14.9 Å². The Morgan fingerprint density at radius 3 is 2.42 bits per heavy atom. The third kappa shape index (κ3) is 4.12. The molecule has 0 fully saturated rings. The summed E-state index contributed by atoms with van der Waals surface area (Å²) >= 11 is 5.93. The Hall–Kier alpha value is -2.84. The van der Waals surface area contributed by atoms with Crippen LogP contribution in [0.3, 0.4) is 0 Å². The summed E-state index contributed by atoms with van der Waals surface area (Å²) in [4.78, 5) is 24.7. The van der Waals surface area contributed by atoms with E-state index in [4.69, 9.17) is 16.3 Å². The van der Waals surface area contributed by atoms with Crippen LogP contribution in [0.2, 0.25) is 5.02 Å². The largest absolute Gasteiger partial charge is 0.497 e. The van der Waals surface area contributed by atoms with Crippen LogP contribution < -0.4 is 10.1 Å². The highest BCUT2D eigenvalue weighted by atomic mass is 35.5. The minimum Gasteiger partial charge on any atom is -0.497 e. The number of methoxy groups -OCH3 is 1. The van der Waals surface area contributed by atoms with Gasteiger partial charge in [0.1, 0.15) is 5.75 Å². The van der Waals surface area contributed by atoms with E-state index in [0.717, 1.165) is 5.56 Å². The maximum atomic E-state index is 12.5. The average molecular weight is 343 g/mol. The van der Waals surface area contributed by atoms with Gasteiger partial charge in [-0.05, 0) is 55.0 Å². The molecule has 0 bridgehead atoms. The second kappa shape index (κ2) is 7.62. The maximum absolute atomic E-state index is 12.5. The molecule has 0 heterocycles. The van der Waals surface area contributed by atoms with Crippen LogP contribution in [-0.4, -0.2) is 18.8 Å². The Kier molecular flexibility index (Phi) is 5.56. The lowest BCUT2D eigenvalue weighted by atomic mass is 9.97. The molecule has 24 heavy (non-hydrogen) atoms. The monoisotopic (exact) mass is 342 g/mol. The van der Waals surface area contributed by atoms with Crippen LogP contribution >= 0.6 is 11.6 Å². The van der Waals surface area contributed by atoms with Gasteiger partial charge in [0.2, 0.25) is 5.91 Å². The maximum Gasteiger partial charge on any atom is 0.249 e. The lowest BCUT2D eigenvalue weighted by molar-refractivity contribution is -0.117. The van der Waals surface area contributed by atoms with Crippen LogP contribution in [-0.2, 0) is 4.79 Å². The standard InChI is InChI=1S/C18H15ClN2O3/c1-11-7-12(9-13(19)8-11)17(22)16(10-20)18(23)21-14-3-5-15(24-2)6-4-14/h3-9,16H,1-2H3,(H,21,23). The van der Waals surface area contributed by atoms with Gasteiger partial charge in [-0.3, -0.25) is 9.59 Å². The Bertz CT molecular complexity index is 790. The molecule has 0 aliphatic rings. The molecule has 122 valence electrons. The number of ether oxygens (including phenoxy) is 1. The van der Waals surface area contributed by atoms with Crippen molar-refractivity contribution in [2.75, 3.05) is 12.4 Å². The number of halogens is 1. The Morgan fingerprint density at radius 2 is 1.88 bits per heavy atom. The smallest absolute Gasteiger partial charge is 0.249 e. The molecule has 2 rings (SSSR count). The summed E-state index contributed by atoms with van der Waals surface area (Å²) < 4.78 is 5.03. The van der Waals surface area contributed by atoms with E-state index >= 15 is 0 Å². The van der Waals surface area contributed by atoms with Gasteiger partial charge in [0, 0.05) is 16.3 Å². The topological polar surface area (TPSA) is 79.2 Å². The van der Waals surface area contributed by atoms with Gasteiger partial charge in [-0.1, -0.05) is 11.6 Å². The molecule has 1 unspecified atom stereocenters. The predicted molar refractivity (Wildman–Crippen MR) is 91.2 cm³/mol. The molecule has 1 amide bonds. The number of carbonyl (C=O) groups is 2. The van der Waals surface area contributed by atoms with E-state index in [-0.39, 0.29) is 5.56 Å². The van der Waals surface area contributed by atoms with E-state index in [1.807, 2.05) is 0 Å². The summed E-state index contributed by atoms with van der Waals surface area (Å²) in [6.45, 7) is 1.78. The number of rotatable bonds is 5. The van der Waals surface area contributed by atoms with Crippen molar-refractivity contribution < 1.29 is 14.3 Å². The SMILES string of the molecule is COc1ccc(NC(=O)C(C#N)C(=O)c2cc(C)cc(Cl)c2)cc1. The van der Waals surface area contributed by atoms with Crippen molar-refractivity contribution in [1.29, 1.82) is 5.26 Å². The van der Waals surface area contributed by atoms with Crippen molar-refractivity contribution in [1.82, 2.24) is 0 Å². The molecule has 6 heteroatoms. The normalized spacial score (nSPS) is 11.2. The Labute approximate surface area is 144 Å². The van der Waals surface area contributed by atoms with E-state index in [2.05, 4.69) is 5.32 Å². The van der Waals surface area contributed by atoms with Crippen LogP contribution in [0.1, 0.15) is 15.9 Å². The summed E-state index contributed by atoms with van der Waals surface area (Å²) in [6, 6.07) is 13.1. The van der Waals surface area contributed by atoms with Gasteiger partial charge in [0.25, 0.3) is 0 Å². The first-order chi connectivity index (χ1) is 11.4. The number of hydrogen-bond donors (Lipinski definition) is 1. The molecule has 0 aliphatic heterocycles. The number of nitriles is 1. The molecule has 1 N–H and O–H groups in total. The first-order valence-corrected chi connectivity index (χ1v) is 7.48. The first kappa shape index (κ1) is 17.5. The van der Waals surface area contributed by atoms with Crippen LogP contribution in [0.25, 0.3) is 0 Å². The fourth-order valence-corrected chi connectivity index (χ4v) is 2.46. The van der Waals surface area contributed by atoms with Crippen molar-refractivity contribution >= 4 is 29.0 Å². The van der Waals surface area contributed by atoms with Crippen molar-refractivity contribution in [2.24, 2.45) is 5.92 Å². The summed E-state index contributed by atoms with van der Waals surface area (Å²) in [5.41, 5.74) is 1.48. The lowest BCUT2D eigenvalue weighted by Gasteiger charge is -2.11. The van der Waals surface area contributed by atoms with Gasteiger partial charge < -0.3 is 10.1 Å². The molecule has 0 spiro atoms. The van der Waals surface area contributed by atoms with Crippen LogP contribution in [0.5, 0.6) is 5.75 Å². The van der Waals surface area contributed by atoms with E-state index in [1.54, 1.807) is 49.4 Å². The molecule has 0 aromatic heterocycles. The molecule has 0 aliphatic carbocycles. The van der Waals surface area contributed by atoms with Crippen LogP contribution in [0.4, 0.5) is 5.69 Å². The number of hydrogen-bond acceptors (Lipinski definition) is 4. The Morgan fingerprint density at radius 1 is 1.21 bits per heavy atom. The molecule has 0 saturated heterocycles. The van der Waals surface area contributed by atoms with E-state index in [1.165, 1.54) is 13.2 Å². The lowest BCUT2D eigenvalue weighted by Crippen LogP contribution is -2.28.